The molecule has 1 atom stereocenters. The molecule has 2 N–H and O–H groups in total. The number of anilines is 1. The van der Waals surface area contributed by atoms with E-state index in [-0.39, 0.29) is 0 Å². The van der Waals surface area contributed by atoms with Gasteiger partial charge in [0.2, 0.25) is 0 Å². The Kier molecular flexibility index (Phi) is 5.34. The molecule has 0 aliphatic heterocycles. The third-order valence-electron chi connectivity index (χ3n) is 3.57. The Labute approximate surface area is 159 Å². The van der Waals surface area contributed by atoms with Crippen LogP contribution in [0, 0.1) is 6.92 Å². The van der Waals surface area contributed by atoms with E-state index in [9.17, 15) is 4.79 Å². The zero-order chi connectivity index (χ0) is 18.7. The maximum Gasteiger partial charge on any atom is 0.319 e. The Balaban J connectivity index is 1.73. The highest BCUT2D eigenvalue weighted by Crippen LogP contribution is 2.28. The van der Waals surface area contributed by atoms with E-state index in [0.717, 1.165) is 5.56 Å². The van der Waals surface area contributed by atoms with Gasteiger partial charge in [0.1, 0.15) is 6.33 Å². The molecule has 0 radical (unpaired) electrons. The lowest BCUT2D eigenvalue weighted by atomic mass is 10.2. The fourth-order valence-electron chi connectivity index (χ4n) is 2.30. The van der Waals surface area contributed by atoms with Gasteiger partial charge in [-0.25, -0.2) is 19.7 Å². The number of carbonyl (C=O) groups is 1. The Bertz CT molecular complexity index is 930. The summed E-state index contributed by atoms with van der Waals surface area (Å²) in [7, 11) is 0. The molecule has 1 aromatic carbocycles. The highest BCUT2D eigenvalue weighted by molar-refractivity contribution is 6.42. The summed E-state index contributed by atoms with van der Waals surface area (Å²) in [4.78, 5) is 24.8. The average Bonchev–Trinajstić information content (AvgIpc) is 3.10. The number of carbonyl (C=O) groups excluding carboxylic acids is 1. The maximum atomic E-state index is 12.3. The molecular weight excluding hydrogens is 377 g/mol. The van der Waals surface area contributed by atoms with Crippen LogP contribution < -0.4 is 10.6 Å². The van der Waals surface area contributed by atoms with Gasteiger partial charge in [0.15, 0.2) is 5.82 Å². The first-order chi connectivity index (χ1) is 12.5. The molecule has 2 aromatic heterocycles. The largest absolute Gasteiger partial charge is 0.328 e. The maximum absolute atomic E-state index is 12.3. The summed E-state index contributed by atoms with van der Waals surface area (Å²) >= 11 is 12.0. The van der Waals surface area contributed by atoms with Crippen molar-refractivity contribution in [3.05, 3.63) is 58.4 Å². The van der Waals surface area contributed by atoms with E-state index >= 15 is 0 Å². The number of benzene rings is 1. The highest BCUT2D eigenvalue weighted by atomic mass is 35.5. The van der Waals surface area contributed by atoms with Crippen molar-refractivity contribution in [2.75, 3.05) is 5.32 Å². The summed E-state index contributed by atoms with van der Waals surface area (Å²) in [6.07, 6.45) is 4.59. The predicted molar refractivity (Wildman–Crippen MR) is 98.7 cm³/mol. The van der Waals surface area contributed by atoms with Crippen LogP contribution in [0.25, 0.3) is 5.95 Å². The molecule has 134 valence electrons. The number of halogens is 2. The quantitative estimate of drug-likeness (QED) is 0.708. The number of aromatic nitrogens is 5. The van der Waals surface area contributed by atoms with E-state index in [1.54, 1.807) is 37.5 Å². The average molecular weight is 392 g/mol. The lowest BCUT2D eigenvalue weighted by Crippen LogP contribution is -2.33. The molecule has 0 saturated carbocycles. The first-order valence-electron chi connectivity index (χ1n) is 7.66. The summed E-state index contributed by atoms with van der Waals surface area (Å²) in [6, 6.07) is 4.14. The Hall–Kier alpha value is -2.71. The first-order valence-corrected chi connectivity index (χ1v) is 8.41. The van der Waals surface area contributed by atoms with Crippen LogP contribution in [0.2, 0.25) is 10.0 Å². The second-order valence-corrected chi connectivity index (χ2v) is 6.29. The molecule has 0 aliphatic carbocycles. The molecule has 2 amide bonds. The minimum Gasteiger partial charge on any atom is -0.328 e. The van der Waals surface area contributed by atoms with E-state index < -0.39 is 12.1 Å². The molecule has 0 spiro atoms. The van der Waals surface area contributed by atoms with Crippen molar-refractivity contribution >= 4 is 34.9 Å². The van der Waals surface area contributed by atoms with E-state index in [1.807, 2.05) is 6.92 Å². The normalized spacial score (nSPS) is 11.8. The van der Waals surface area contributed by atoms with Crippen molar-refractivity contribution in [1.82, 2.24) is 30.0 Å². The lowest BCUT2D eigenvalue weighted by molar-refractivity contribution is 0.248. The van der Waals surface area contributed by atoms with Crippen LogP contribution in [0.15, 0.2) is 36.9 Å². The molecule has 0 fully saturated rings. The van der Waals surface area contributed by atoms with Gasteiger partial charge in [-0.2, -0.15) is 9.78 Å². The van der Waals surface area contributed by atoms with Crippen LogP contribution in [0.3, 0.4) is 0 Å². The second-order valence-electron chi connectivity index (χ2n) is 5.48. The minimum absolute atomic E-state index is 0.363. The molecule has 0 saturated heterocycles. The van der Waals surface area contributed by atoms with Gasteiger partial charge in [-0.3, -0.25) is 0 Å². The van der Waals surface area contributed by atoms with Crippen LogP contribution >= 0.6 is 23.2 Å². The summed E-state index contributed by atoms with van der Waals surface area (Å²) in [5.74, 6) is 0.867. The molecule has 0 unspecified atom stereocenters. The van der Waals surface area contributed by atoms with Crippen LogP contribution in [0.1, 0.15) is 24.4 Å². The van der Waals surface area contributed by atoms with Crippen molar-refractivity contribution in [3.8, 4) is 5.95 Å². The monoisotopic (exact) mass is 391 g/mol. The van der Waals surface area contributed by atoms with Crippen LogP contribution in [0.5, 0.6) is 0 Å². The van der Waals surface area contributed by atoms with Gasteiger partial charge in [0.25, 0.3) is 5.95 Å². The number of amides is 2. The van der Waals surface area contributed by atoms with E-state index in [2.05, 4.69) is 30.7 Å². The molecule has 2 heterocycles. The SMILES string of the molecule is Cc1cc(Cl)c(Cl)cc1NC(=O)N[C@@H](C)c1ncnn1-c1ncccn1. The third-order valence-corrected chi connectivity index (χ3v) is 4.29. The number of aryl methyl sites for hydroxylation is 1. The first kappa shape index (κ1) is 18.1. The van der Waals surface area contributed by atoms with Gasteiger partial charge in [-0.05, 0) is 37.6 Å². The molecule has 8 nitrogen and oxygen atoms in total. The van der Waals surface area contributed by atoms with Crippen molar-refractivity contribution in [1.29, 1.82) is 0 Å². The summed E-state index contributed by atoms with van der Waals surface area (Å²) in [6.45, 7) is 3.61. The fourth-order valence-corrected chi connectivity index (χ4v) is 2.68. The topological polar surface area (TPSA) is 97.6 Å². The summed E-state index contributed by atoms with van der Waals surface area (Å²) in [5, 5.41) is 10.4. The minimum atomic E-state index is -0.440. The molecule has 26 heavy (non-hydrogen) atoms. The van der Waals surface area contributed by atoms with Gasteiger partial charge in [0, 0.05) is 18.1 Å². The standard InChI is InChI=1S/C16H15Cl2N7O/c1-9-6-11(17)12(18)7-13(9)24-16(26)23-10(2)14-21-8-22-25(14)15-19-4-3-5-20-15/h3-8,10H,1-2H3,(H2,23,24,26)/t10-/m0/s1. The fraction of sp³-hybridized carbons (Fsp3) is 0.188. The number of hydrogen-bond donors (Lipinski definition) is 2. The molecule has 0 bridgehead atoms. The van der Waals surface area contributed by atoms with E-state index in [1.165, 1.54) is 11.0 Å². The smallest absolute Gasteiger partial charge is 0.319 e. The van der Waals surface area contributed by atoms with Crippen LogP contribution in [-0.2, 0) is 0 Å². The van der Waals surface area contributed by atoms with Crippen molar-refractivity contribution in [2.45, 2.75) is 19.9 Å². The highest BCUT2D eigenvalue weighted by Gasteiger charge is 2.18. The van der Waals surface area contributed by atoms with Gasteiger partial charge in [0.05, 0.1) is 16.1 Å². The molecular formula is C16H15Cl2N7O. The zero-order valence-electron chi connectivity index (χ0n) is 13.9. The molecule has 3 rings (SSSR count). The Morgan fingerprint density at radius 2 is 1.85 bits per heavy atom. The van der Waals surface area contributed by atoms with Gasteiger partial charge < -0.3 is 10.6 Å². The molecule has 10 heteroatoms. The van der Waals surface area contributed by atoms with E-state index in [4.69, 9.17) is 23.2 Å². The predicted octanol–water partition coefficient (Wildman–Crippen LogP) is 3.56. The molecule has 3 aromatic rings. The van der Waals surface area contributed by atoms with Crippen molar-refractivity contribution in [2.24, 2.45) is 0 Å². The van der Waals surface area contributed by atoms with Gasteiger partial charge in [-0.15, -0.1) is 0 Å². The third kappa shape index (κ3) is 3.92. The van der Waals surface area contributed by atoms with Crippen LogP contribution in [-0.4, -0.2) is 30.8 Å². The number of hydrogen-bond acceptors (Lipinski definition) is 5. The van der Waals surface area contributed by atoms with Crippen molar-refractivity contribution in [3.63, 3.8) is 0 Å². The van der Waals surface area contributed by atoms with Crippen LogP contribution in [0.4, 0.5) is 10.5 Å². The number of nitrogens with zero attached hydrogens (tertiary/aromatic N) is 5. The Morgan fingerprint density at radius 1 is 1.15 bits per heavy atom. The molecule has 0 aliphatic rings. The number of urea groups is 1. The van der Waals surface area contributed by atoms with Gasteiger partial charge in [-0.1, -0.05) is 23.2 Å². The van der Waals surface area contributed by atoms with Crippen molar-refractivity contribution < 1.29 is 4.79 Å². The number of nitrogens with one attached hydrogen (secondary N) is 2. The van der Waals surface area contributed by atoms with Gasteiger partial charge >= 0.3 is 6.03 Å². The Morgan fingerprint density at radius 3 is 2.58 bits per heavy atom. The lowest BCUT2D eigenvalue weighted by Gasteiger charge is -2.16. The second kappa shape index (κ2) is 7.67. The number of rotatable bonds is 4. The summed E-state index contributed by atoms with van der Waals surface area (Å²) < 4.78 is 1.47. The van der Waals surface area contributed by atoms with E-state index in [0.29, 0.717) is 27.5 Å². The summed E-state index contributed by atoms with van der Waals surface area (Å²) in [5.41, 5.74) is 1.36. The zero-order valence-corrected chi connectivity index (χ0v) is 15.5.